The number of hydrogen-bond donors (Lipinski definition) is 1. The molecule has 2 rings (SSSR count). The third kappa shape index (κ3) is 3.82. The fourth-order valence-corrected chi connectivity index (χ4v) is 2.79. The van der Waals surface area contributed by atoms with Crippen LogP contribution in [-0.4, -0.2) is 42.1 Å². The van der Waals surface area contributed by atoms with Crippen molar-refractivity contribution in [2.75, 3.05) is 20.2 Å². The van der Waals surface area contributed by atoms with Crippen LogP contribution in [0.1, 0.15) is 29.3 Å². The Kier molecular flexibility index (Phi) is 4.96. The van der Waals surface area contributed by atoms with Gasteiger partial charge in [0.15, 0.2) is 0 Å². The van der Waals surface area contributed by atoms with Gasteiger partial charge >= 0.3 is 5.97 Å². The molecule has 1 amide bonds. The van der Waals surface area contributed by atoms with E-state index >= 15 is 0 Å². The highest BCUT2D eigenvalue weighted by atomic mass is 16.5. The SMILES string of the molecule is COCc1ccc(C(=O)N2CC(C)CC(C(=O)O)C2)cc1. The molecule has 1 aliphatic rings. The molecule has 5 heteroatoms. The second-order valence-corrected chi connectivity index (χ2v) is 5.72. The van der Waals surface area contributed by atoms with E-state index in [2.05, 4.69) is 0 Å². The number of benzene rings is 1. The second-order valence-electron chi connectivity index (χ2n) is 5.72. The van der Waals surface area contributed by atoms with Crippen LogP contribution < -0.4 is 0 Å². The first-order valence-corrected chi connectivity index (χ1v) is 7.11. The number of carbonyl (C=O) groups excluding carboxylic acids is 1. The van der Waals surface area contributed by atoms with Crippen molar-refractivity contribution in [2.24, 2.45) is 11.8 Å². The van der Waals surface area contributed by atoms with Gasteiger partial charge in [-0.1, -0.05) is 19.1 Å². The Hall–Kier alpha value is -1.88. The van der Waals surface area contributed by atoms with Crippen molar-refractivity contribution in [3.8, 4) is 0 Å². The number of aliphatic carboxylic acids is 1. The van der Waals surface area contributed by atoms with Gasteiger partial charge in [0.2, 0.25) is 0 Å². The molecule has 114 valence electrons. The predicted molar refractivity (Wildman–Crippen MR) is 78.0 cm³/mol. The number of nitrogens with zero attached hydrogens (tertiary/aromatic N) is 1. The topological polar surface area (TPSA) is 66.8 Å². The number of rotatable bonds is 4. The summed E-state index contributed by atoms with van der Waals surface area (Å²) in [5.74, 6) is -1.19. The monoisotopic (exact) mass is 291 g/mol. The van der Waals surface area contributed by atoms with Gasteiger partial charge in [-0.25, -0.2) is 0 Å². The maximum atomic E-state index is 12.5. The maximum absolute atomic E-state index is 12.5. The van der Waals surface area contributed by atoms with Gasteiger partial charge < -0.3 is 14.7 Å². The minimum atomic E-state index is -0.824. The van der Waals surface area contributed by atoms with Crippen molar-refractivity contribution in [2.45, 2.75) is 20.0 Å². The summed E-state index contributed by atoms with van der Waals surface area (Å²) in [5, 5.41) is 9.17. The van der Waals surface area contributed by atoms with E-state index in [4.69, 9.17) is 9.84 Å². The number of carboxylic acids is 1. The van der Waals surface area contributed by atoms with Gasteiger partial charge in [-0.15, -0.1) is 0 Å². The lowest BCUT2D eigenvalue weighted by Gasteiger charge is -2.34. The smallest absolute Gasteiger partial charge is 0.308 e. The molecule has 0 aromatic heterocycles. The highest BCUT2D eigenvalue weighted by Crippen LogP contribution is 2.23. The molecule has 0 spiro atoms. The van der Waals surface area contributed by atoms with Crippen molar-refractivity contribution in [1.29, 1.82) is 0 Å². The molecule has 2 unspecified atom stereocenters. The Labute approximate surface area is 124 Å². The van der Waals surface area contributed by atoms with Gasteiger partial charge in [0, 0.05) is 25.8 Å². The molecule has 1 saturated heterocycles. The van der Waals surface area contributed by atoms with E-state index in [-0.39, 0.29) is 11.8 Å². The zero-order chi connectivity index (χ0) is 15.4. The van der Waals surface area contributed by atoms with Crippen LogP contribution in [0.5, 0.6) is 0 Å². The average Bonchev–Trinajstić information content (AvgIpc) is 2.47. The van der Waals surface area contributed by atoms with Crippen molar-refractivity contribution >= 4 is 11.9 Å². The highest BCUT2D eigenvalue weighted by Gasteiger charge is 2.32. The lowest BCUT2D eigenvalue weighted by atomic mass is 9.90. The van der Waals surface area contributed by atoms with Gasteiger partial charge in [0.05, 0.1) is 12.5 Å². The first kappa shape index (κ1) is 15.5. The van der Waals surface area contributed by atoms with E-state index in [1.807, 2.05) is 19.1 Å². The van der Waals surface area contributed by atoms with Crippen molar-refractivity contribution in [3.05, 3.63) is 35.4 Å². The van der Waals surface area contributed by atoms with E-state index in [0.29, 0.717) is 31.7 Å². The molecule has 5 nitrogen and oxygen atoms in total. The quantitative estimate of drug-likeness (QED) is 0.921. The summed E-state index contributed by atoms with van der Waals surface area (Å²) in [5.41, 5.74) is 1.59. The van der Waals surface area contributed by atoms with Crippen LogP contribution in [-0.2, 0) is 16.1 Å². The van der Waals surface area contributed by atoms with Gasteiger partial charge in [-0.2, -0.15) is 0 Å². The maximum Gasteiger partial charge on any atom is 0.308 e. The van der Waals surface area contributed by atoms with E-state index in [1.54, 1.807) is 24.1 Å². The summed E-state index contributed by atoms with van der Waals surface area (Å²) in [6, 6.07) is 7.26. The fourth-order valence-electron chi connectivity index (χ4n) is 2.79. The Bertz CT molecular complexity index is 512. The Morgan fingerprint density at radius 3 is 2.52 bits per heavy atom. The number of carbonyl (C=O) groups is 2. The molecule has 2 atom stereocenters. The minimum Gasteiger partial charge on any atom is -0.481 e. The van der Waals surface area contributed by atoms with Gasteiger partial charge in [-0.05, 0) is 30.0 Å². The summed E-state index contributed by atoms with van der Waals surface area (Å²) < 4.78 is 5.04. The Morgan fingerprint density at radius 1 is 1.29 bits per heavy atom. The summed E-state index contributed by atoms with van der Waals surface area (Å²) in [7, 11) is 1.63. The van der Waals surface area contributed by atoms with Crippen LogP contribution in [0.4, 0.5) is 0 Å². The van der Waals surface area contributed by atoms with E-state index in [1.165, 1.54) is 0 Å². The third-order valence-corrected chi connectivity index (χ3v) is 3.81. The molecule has 21 heavy (non-hydrogen) atoms. The first-order chi connectivity index (χ1) is 10.0. The van der Waals surface area contributed by atoms with Crippen molar-refractivity contribution in [3.63, 3.8) is 0 Å². The van der Waals surface area contributed by atoms with Crippen LogP contribution in [0.15, 0.2) is 24.3 Å². The van der Waals surface area contributed by atoms with Gasteiger partial charge in [-0.3, -0.25) is 9.59 Å². The number of amides is 1. The van der Waals surface area contributed by atoms with E-state index < -0.39 is 11.9 Å². The minimum absolute atomic E-state index is 0.100. The molecule has 1 heterocycles. The first-order valence-electron chi connectivity index (χ1n) is 7.11. The van der Waals surface area contributed by atoms with Gasteiger partial charge in [0.25, 0.3) is 5.91 Å². The normalized spacial score (nSPS) is 22.1. The molecule has 1 N–H and O–H groups in total. The highest BCUT2D eigenvalue weighted by molar-refractivity contribution is 5.94. The molecule has 1 aromatic carbocycles. The predicted octanol–water partition coefficient (Wildman–Crippen LogP) is 2.02. The van der Waals surface area contributed by atoms with Crippen LogP contribution in [0, 0.1) is 11.8 Å². The summed E-state index contributed by atoms with van der Waals surface area (Å²) >= 11 is 0. The molecular weight excluding hydrogens is 270 g/mol. The Morgan fingerprint density at radius 2 is 1.95 bits per heavy atom. The van der Waals surface area contributed by atoms with Crippen LogP contribution in [0.25, 0.3) is 0 Å². The zero-order valence-electron chi connectivity index (χ0n) is 12.4. The number of ether oxygens (including phenoxy) is 1. The van der Waals surface area contributed by atoms with Crippen LogP contribution in [0.3, 0.4) is 0 Å². The molecule has 0 radical (unpaired) electrons. The summed E-state index contributed by atoms with van der Waals surface area (Å²) in [4.78, 5) is 25.3. The number of hydrogen-bond acceptors (Lipinski definition) is 3. The average molecular weight is 291 g/mol. The lowest BCUT2D eigenvalue weighted by Crippen LogP contribution is -2.45. The van der Waals surface area contributed by atoms with E-state index in [0.717, 1.165) is 5.56 Å². The van der Waals surface area contributed by atoms with Gasteiger partial charge in [0.1, 0.15) is 0 Å². The standard InChI is InChI=1S/C16H21NO4/c1-11-7-14(16(19)20)9-17(8-11)15(18)13-5-3-12(4-6-13)10-21-2/h3-6,11,14H,7-10H2,1-2H3,(H,19,20). The van der Waals surface area contributed by atoms with Crippen LogP contribution in [0.2, 0.25) is 0 Å². The summed E-state index contributed by atoms with van der Waals surface area (Å²) in [6.07, 6.45) is 0.631. The van der Waals surface area contributed by atoms with Crippen molar-refractivity contribution in [1.82, 2.24) is 4.90 Å². The molecule has 1 aliphatic heterocycles. The number of likely N-dealkylation sites (tertiary alicyclic amines) is 1. The van der Waals surface area contributed by atoms with Crippen molar-refractivity contribution < 1.29 is 19.4 Å². The molecule has 1 aromatic rings. The molecule has 0 bridgehead atoms. The number of carboxylic acid groups (broad SMARTS) is 1. The fraction of sp³-hybridized carbons (Fsp3) is 0.500. The number of methoxy groups -OCH3 is 1. The summed E-state index contributed by atoms with van der Waals surface area (Å²) in [6.45, 7) is 3.40. The molecule has 0 saturated carbocycles. The third-order valence-electron chi connectivity index (χ3n) is 3.81. The second kappa shape index (κ2) is 6.72. The van der Waals surface area contributed by atoms with Crippen LogP contribution >= 0.6 is 0 Å². The molecule has 1 fully saturated rings. The molecule has 0 aliphatic carbocycles. The zero-order valence-corrected chi connectivity index (χ0v) is 12.4. The number of piperidine rings is 1. The van der Waals surface area contributed by atoms with E-state index in [9.17, 15) is 9.59 Å². The molecular formula is C16H21NO4. The Balaban J connectivity index is 2.09. The lowest BCUT2D eigenvalue weighted by molar-refractivity contribution is -0.143. The largest absolute Gasteiger partial charge is 0.481 e.